The van der Waals surface area contributed by atoms with E-state index in [0.717, 1.165) is 23.3 Å². The summed E-state index contributed by atoms with van der Waals surface area (Å²) in [6, 6.07) is 9.50. The highest BCUT2D eigenvalue weighted by Crippen LogP contribution is 2.32. The van der Waals surface area contributed by atoms with Crippen LogP contribution in [0.1, 0.15) is 23.4 Å². The first-order valence-corrected chi connectivity index (χ1v) is 7.95. The number of rotatable bonds is 1. The maximum absolute atomic E-state index is 12.9. The predicted molar refractivity (Wildman–Crippen MR) is 91.6 cm³/mol. The van der Waals surface area contributed by atoms with Crippen molar-refractivity contribution in [1.29, 1.82) is 0 Å². The lowest BCUT2D eigenvalue weighted by atomic mass is 10.1. The van der Waals surface area contributed by atoms with Gasteiger partial charge in [0.1, 0.15) is 11.6 Å². The van der Waals surface area contributed by atoms with Crippen molar-refractivity contribution in [3.05, 3.63) is 69.8 Å². The summed E-state index contributed by atoms with van der Waals surface area (Å²) in [6.45, 7) is 0.433. The van der Waals surface area contributed by atoms with Gasteiger partial charge in [-0.1, -0.05) is 12.1 Å². The lowest BCUT2D eigenvalue weighted by molar-refractivity contribution is -0.137. The number of halogens is 3. The molecule has 0 amide bonds. The molecule has 0 fully saturated rings. The molecule has 0 atom stereocenters. The number of phenols is 1. The van der Waals surface area contributed by atoms with Gasteiger partial charge in [-0.15, -0.1) is 0 Å². The van der Waals surface area contributed by atoms with Crippen LogP contribution in [0.5, 0.6) is 5.75 Å². The van der Waals surface area contributed by atoms with Gasteiger partial charge in [-0.3, -0.25) is 9.36 Å². The summed E-state index contributed by atoms with van der Waals surface area (Å²) in [5.74, 6) is 0.522. The van der Waals surface area contributed by atoms with Gasteiger partial charge in [-0.2, -0.15) is 13.2 Å². The number of hydrogen-bond donors (Lipinski definition) is 1. The van der Waals surface area contributed by atoms with E-state index in [1.54, 1.807) is 12.1 Å². The van der Waals surface area contributed by atoms with E-state index in [1.807, 2.05) is 6.08 Å². The Labute approximate surface area is 145 Å². The Morgan fingerprint density at radius 2 is 1.85 bits per heavy atom. The number of phenolic OH excluding ortho intramolecular Hbond substituents is 1. The fourth-order valence-electron chi connectivity index (χ4n) is 3.10. The Balaban J connectivity index is 1.87. The second-order valence-electron chi connectivity index (χ2n) is 6.13. The Morgan fingerprint density at radius 1 is 1.12 bits per heavy atom. The van der Waals surface area contributed by atoms with Gasteiger partial charge in [0.05, 0.1) is 16.5 Å². The van der Waals surface area contributed by atoms with Gasteiger partial charge < -0.3 is 5.11 Å². The quantitative estimate of drug-likeness (QED) is 0.714. The van der Waals surface area contributed by atoms with Crippen LogP contribution in [0.15, 0.2) is 47.3 Å². The average molecular weight is 358 g/mol. The molecule has 0 bridgehead atoms. The third kappa shape index (κ3) is 2.75. The van der Waals surface area contributed by atoms with Crippen molar-refractivity contribution in [1.82, 2.24) is 9.55 Å². The Kier molecular flexibility index (Phi) is 3.61. The molecule has 1 N–H and O–H groups in total. The van der Waals surface area contributed by atoms with Crippen molar-refractivity contribution in [3.8, 4) is 5.75 Å². The molecule has 26 heavy (non-hydrogen) atoms. The van der Waals surface area contributed by atoms with Crippen molar-refractivity contribution in [2.45, 2.75) is 19.1 Å². The van der Waals surface area contributed by atoms with Crippen molar-refractivity contribution in [3.63, 3.8) is 0 Å². The van der Waals surface area contributed by atoms with Crippen LogP contribution in [0.3, 0.4) is 0 Å². The van der Waals surface area contributed by atoms with Crippen LogP contribution < -0.4 is 5.56 Å². The molecule has 3 aromatic rings. The monoisotopic (exact) mass is 358 g/mol. The number of hydrogen-bond acceptors (Lipinski definition) is 3. The second-order valence-corrected chi connectivity index (χ2v) is 6.13. The van der Waals surface area contributed by atoms with E-state index in [0.29, 0.717) is 18.8 Å². The normalized spacial score (nSPS) is 15.6. The summed E-state index contributed by atoms with van der Waals surface area (Å²) >= 11 is 0. The average Bonchev–Trinajstić information content (AvgIpc) is 2.99. The maximum atomic E-state index is 12.9. The third-order valence-electron chi connectivity index (χ3n) is 4.41. The number of aromatic hydroxyl groups is 1. The van der Waals surface area contributed by atoms with Crippen LogP contribution in [-0.2, 0) is 12.7 Å². The minimum Gasteiger partial charge on any atom is -0.508 e. The summed E-state index contributed by atoms with van der Waals surface area (Å²) in [7, 11) is 0. The first-order chi connectivity index (χ1) is 12.3. The van der Waals surface area contributed by atoms with E-state index in [1.165, 1.54) is 22.8 Å². The van der Waals surface area contributed by atoms with Gasteiger partial charge in [0, 0.05) is 6.54 Å². The maximum Gasteiger partial charge on any atom is 0.416 e. The highest BCUT2D eigenvalue weighted by atomic mass is 19.4. The molecule has 0 unspecified atom stereocenters. The van der Waals surface area contributed by atoms with Crippen LogP contribution in [0.4, 0.5) is 13.2 Å². The molecule has 0 aliphatic carbocycles. The molecule has 2 heterocycles. The number of alkyl halides is 3. The second kappa shape index (κ2) is 5.72. The van der Waals surface area contributed by atoms with E-state index >= 15 is 0 Å². The zero-order chi connectivity index (χ0) is 18.5. The Morgan fingerprint density at radius 3 is 2.54 bits per heavy atom. The summed E-state index contributed by atoms with van der Waals surface area (Å²) in [5, 5.41) is 9.53. The highest BCUT2D eigenvalue weighted by molar-refractivity contribution is 5.85. The molecule has 1 aromatic heterocycles. The standard InChI is InChI=1S/C19H13F3N2O2/c20-19(21,22)13-3-6-15-16(10-13)23-17-12(7-8-24(17)18(15)26)9-11-1-4-14(25)5-2-11/h1-6,9-10,25H,7-8H2/b12-9+. The zero-order valence-electron chi connectivity index (χ0n) is 13.4. The van der Waals surface area contributed by atoms with E-state index < -0.39 is 11.7 Å². The summed E-state index contributed by atoms with van der Waals surface area (Å²) in [6.07, 6.45) is -2.11. The van der Waals surface area contributed by atoms with E-state index in [-0.39, 0.29) is 22.2 Å². The molecule has 132 valence electrons. The van der Waals surface area contributed by atoms with Crippen molar-refractivity contribution in [2.75, 3.05) is 0 Å². The third-order valence-corrected chi connectivity index (χ3v) is 4.41. The molecule has 0 saturated carbocycles. The van der Waals surface area contributed by atoms with E-state index in [2.05, 4.69) is 4.98 Å². The molecule has 1 aliphatic heterocycles. The minimum atomic E-state index is -4.49. The number of aromatic nitrogens is 2. The van der Waals surface area contributed by atoms with E-state index in [9.17, 15) is 23.1 Å². The Bertz CT molecular complexity index is 1100. The van der Waals surface area contributed by atoms with Crippen LogP contribution in [-0.4, -0.2) is 14.7 Å². The molecule has 2 aromatic carbocycles. The summed E-state index contributed by atoms with van der Waals surface area (Å²) in [5.41, 5.74) is 0.447. The van der Waals surface area contributed by atoms with Gasteiger partial charge in [-0.05, 0) is 54.0 Å². The van der Waals surface area contributed by atoms with Gasteiger partial charge in [0.15, 0.2) is 0 Å². The fraction of sp³-hybridized carbons (Fsp3) is 0.158. The molecule has 0 spiro atoms. The van der Waals surface area contributed by atoms with Crippen LogP contribution in [0, 0.1) is 0 Å². The first-order valence-electron chi connectivity index (χ1n) is 7.95. The number of allylic oxidation sites excluding steroid dienone is 1. The topological polar surface area (TPSA) is 55.1 Å². The van der Waals surface area contributed by atoms with Gasteiger partial charge in [-0.25, -0.2) is 4.98 Å². The molecule has 1 aliphatic rings. The number of fused-ring (bicyclic) bond motifs is 2. The number of nitrogens with zero attached hydrogens (tertiary/aromatic N) is 2. The summed E-state index contributed by atoms with van der Waals surface area (Å²) < 4.78 is 40.3. The summed E-state index contributed by atoms with van der Waals surface area (Å²) in [4.78, 5) is 16.9. The fourth-order valence-corrected chi connectivity index (χ4v) is 3.10. The molecule has 4 nitrogen and oxygen atoms in total. The molecule has 7 heteroatoms. The minimum absolute atomic E-state index is 0.0366. The van der Waals surface area contributed by atoms with Crippen LogP contribution >= 0.6 is 0 Å². The predicted octanol–water partition coefficient (Wildman–Crippen LogP) is 4.07. The van der Waals surface area contributed by atoms with Gasteiger partial charge >= 0.3 is 6.18 Å². The largest absolute Gasteiger partial charge is 0.508 e. The molecular weight excluding hydrogens is 345 g/mol. The lowest BCUT2D eigenvalue weighted by Crippen LogP contribution is -2.21. The molecule has 0 radical (unpaired) electrons. The smallest absolute Gasteiger partial charge is 0.416 e. The SMILES string of the molecule is O=c1c2ccc(C(F)(F)F)cc2nc2n1CC/C2=C\c1ccc(O)cc1. The lowest BCUT2D eigenvalue weighted by Gasteiger charge is -2.09. The highest BCUT2D eigenvalue weighted by Gasteiger charge is 2.31. The van der Waals surface area contributed by atoms with Crippen molar-refractivity contribution >= 4 is 22.6 Å². The molecule has 0 saturated heterocycles. The first kappa shape index (κ1) is 16.4. The van der Waals surface area contributed by atoms with Gasteiger partial charge in [0.25, 0.3) is 5.56 Å². The number of benzene rings is 2. The van der Waals surface area contributed by atoms with Crippen LogP contribution in [0.25, 0.3) is 22.6 Å². The molecular formula is C19H13F3N2O2. The Hall–Kier alpha value is -3.09. The van der Waals surface area contributed by atoms with Crippen molar-refractivity contribution < 1.29 is 18.3 Å². The van der Waals surface area contributed by atoms with Gasteiger partial charge in [0.2, 0.25) is 0 Å². The zero-order valence-corrected chi connectivity index (χ0v) is 13.4. The van der Waals surface area contributed by atoms with Crippen LogP contribution in [0.2, 0.25) is 0 Å². The molecule has 4 rings (SSSR count). The van der Waals surface area contributed by atoms with E-state index in [4.69, 9.17) is 0 Å². The van der Waals surface area contributed by atoms with Crippen molar-refractivity contribution in [2.24, 2.45) is 0 Å².